The molecule has 2 aliphatic rings. The SMILES string of the molecule is CC(C(=O)O)C1(C(=O)O)CC2C=CC1C2. The van der Waals surface area contributed by atoms with Crippen LogP contribution < -0.4 is 0 Å². The second-order valence-corrected chi connectivity index (χ2v) is 4.60. The Morgan fingerprint density at radius 2 is 2.07 bits per heavy atom. The molecule has 0 heterocycles. The first-order valence-corrected chi connectivity index (χ1v) is 5.13. The van der Waals surface area contributed by atoms with Gasteiger partial charge in [-0.3, -0.25) is 9.59 Å². The molecule has 0 spiro atoms. The van der Waals surface area contributed by atoms with Gasteiger partial charge in [0.2, 0.25) is 0 Å². The molecule has 2 rings (SSSR count). The Bertz CT molecular complexity index is 346. The van der Waals surface area contributed by atoms with Crippen LogP contribution >= 0.6 is 0 Å². The first-order chi connectivity index (χ1) is 6.98. The topological polar surface area (TPSA) is 74.6 Å². The zero-order chi connectivity index (χ0) is 11.2. The van der Waals surface area contributed by atoms with E-state index in [1.165, 1.54) is 6.92 Å². The van der Waals surface area contributed by atoms with E-state index in [9.17, 15) is 14.7 Å². The van der Waals surface area contributed by atoms with E-state index in [1.54, 1.807) is 0 Å². The van der Waals surface area contributed by atoms with Crippen LogP contribution in [0, 0.1) is 23.2 Å². The molecule has 82 valence electrons. The molecule has 0 aromatic rings. The molecule has 4 nitrogen and oxygen atoms in total. The quantitative estimate of drug-likeness (QED) is 0.690. The fourth-order valence-electron chi connectivity index (χ4n) is 3.04. The van der Waals surface area contributed by atoms with E-state index in [0.29, 0.717) is 6.42 Å². The van der Waals surface area contributed by atoms with Crippen LogP contribution in [0.1, 0.15) is 19.8 Å². The molecule has 0 aromatic heterocycles. The van der Waals surface area contributed by atoms with E-state index in [2.05, 4.69) is 0 Å². The first-order valence-electron chi connectivity index (χ1n) is 5.13. The predicted molar refractivity (Wildman–Crippen MR) is 52.2 cm³/mol. The van der Waals surface area contributed by atoms with E-state index in [1.807, 2.05) is 12.2 Å². The van der Waals surface area contributed by atoms with Gasteiger partial charge < -0.3 is 10.2 Å². The fraction of sp³-hybridized carbons (Fsp3) is 0.636. The second kappa shape index (κ2) is 3.08. The summed E-state index contributed by atoms with van der Waals surface area (Å²) >= 11 is 0. The number of carbonyl (C=O) groups is 2. The van der Waals surface area contributed by atoms with E-state index < -0.39 is 23.3 Å². The highest BCUT2D eigenvalue weighted by Gasteiger charge is 2.58. The van der Waals surface area contributed by atoms with Gasteiger partial charge in [0.05, 0.1) is 11.3 Å². The summed E-state index contributed by atoms with van der Waals surface area (Å²) in [5, 5.41) is 18.3. The molecule has 2 aliphatic carbocycles. The third-order valence-corrected chi connectivity index (χ3v) is 3.98. The van der Waals surface area contributed by atoms with Crippen LogP contribution in [-0.4, -0.2) is 22.2 Å². The van der Waals surface area contributed by atoms with Gasteiger partial charge in [0, 0.05) is 0 Å². The van der Waals surface area contributed by atoms with Crippen molar-refractivity contribution in [3.8, 4) is 0 Å². The lowest BCUT2D eigenvalue weighted by Crippen LogP contribution is -2.44. The zero-order valence-electron chi connectivity index (χ0n) is 8.51. The van der Waals surface area contributed by atoms with Gasteiger partial charge in [0.15, 0.2) is 0 Å². The van der Waals surface area contributed by atoms with Gasteiger partial charge in [-0.15, -0.1) is 0 Å². The van der Waals surface area contributed by atoms with Gasteiger partial charge in [-0.05, 0) is 24.7 Å². The summed E-state index contributed by atoms with van der Waals surface area (Å²) in [5.41, 5.74) is -1.08. The minimum atomic E-state index is -1.08. The van der Waals surface area contributed by atoms with Crippen molar-refractivity contribution in [3.05, 3.63) is 12.2 Å². The Labute approximate surface area is 87.6 Å². The summed E-state index contributed by atoms with van der Waals surface area (Å²) in [4.78, 5) is 22.3. The standard InChI is InChI=1S/C11H14O4/c1-6(9(12)13)11(10(14)15)5-7-2-3-8(11)4-7/h2-3,6-8H,4-5H2,1H3,(H,12,13)(H,14,15). The summed E-state index contributed by atoms with van der Waals surface area (Å²) < 4.78 is 0. The van der Waals surface area contributed by atoms with Gasteiger partial charge >= 0.3 is 11.9 Å². The van der Waals surface area contributed by atoms with Crippen molar-refractivity contribution in [3.63, 3.8) is 0 Å². The molecule has 1 saturated carbocycles. The number of aliphatic carboxylic acids is 2. The maximum Gasteiger partial charge on any atom is 0.311 e. The molecule has 15 heavy (non-hydrogen) atoms. The smallest absolute Gasteiger partial charge is 0.311 e. The third-order valence-electron chi connectivity index (χ3n) is 3.98. The Morgan fingerprint density at radius 3 is 2.40 bits per heavy atom. The molecular weight excluding hydrogens is 196 g/mol. The lowest BCUT2D eigenvalue weighted by Gasteiger charge is -2.34. The molecule has 0 amide bonds. The van der Waals surface area contributed by atoms with Crippen LogP contribution in [0.2, 0.25) is 0 Å². The Hall–Kier alpha value is -1.32. The highest BCUT2D eigenvalue weighted by Crippen LogP contribution is 2.56. The summed E-state index contributed by atoms with van der Waals surface area (Å²) in [5.74, 6) is -2.65. The Kier molecular flexibility index (Phi) is 2.10. The largest absolute Gasteiger partial charge is 0.481 e. The third kappa shape index (κ3) is 1.20. The molecule has 0 aromatic carbocycles. The van der Waals surface area contributed by atoms with Gasteiger partial charge in [0.25, 0.3) is 0 Å². The molecule has 4 atom stereocenters. The highest BCUT2D eigenvalue weighted by molar-refractivity contribution is 5.84. The second-order valence-electron chi connectivity index (χ2n) is 4.60. The number of carboxylic acid groups (broad SMARTS) is 2. The van der Waals surface area contributed by atoms with Crippen molar-refractivity contribution in [1.82, 2.24) is 0 Å². The van der Waals surface area contributed by atoms with Crippen LogP contribution in [0.5, 0.6) is 0 Å². The van der Waals surface area contributed by atoms with E-state index >= 15 is 0 Å². The average molecular weight is 210 g/mol. The van der Waals surface area contributed by atoms with Crippen molar-refractivity contribution in [2.45, 2.75) is 19.8 Å². The monoisotopic (exact) mass is 210 g/mol. The molecule has 0 aliphatic heterocycles. The summed E-state index contributed by atoms with van der Waals surface area (Å²) in [7, 11) is 0. The van der Waals surface area contributed by atoms with Gasteiger partial charge in [-0.25, -0.2) is 0 Å². The Morgan fingerprint density at radius 1 is 1.40 bits per heavy atom. The summed E-state index contributed by atoms with van der Waals surface area (Å²) in [6.07, 6.45) is 5.16. The average Bonchev–Trinajstić information content (AvgIpc) is 2.75. The predicted octanol–water partition coefficient (Wildman–Crippen LogP) is 1.37. The number of rotatable bonds is 3. The normalized spacial score (nSPS) is 39.3. The lowest BCUT2D eigenvalue weighted by molar-refractivity contribution is -0.164. The lowest BCUT2D eigenvalue weighted by atomic mass is 9.67. The fourth-order valence-corrected chi connectivity index (χ4v) is 3.04. The molecular formula is C11H14O4. The van der Waals surface area contributed by atoms with Crippen LogP contribution in [0.25, 0.3) is 0 Å². The number of hydrogen-bond acceptors (Lipinski definition) is 2. The Balaban J connectivity index is 2.39. The van der Waals surface area contributed by atoms with Crippen molar-refractivity contribution < 1.29 is 19.8 Å². The van der Waals surface area contributed by atoms with Crippen LogP contribution in [0.4, 0.5) is 0 Å². The van der Waals surface area contributed by atoms with Crippen molar-refractivity contribution in [2.24, 2.45) is 23.2 Å². The minimum absolute atomic E-state index is 0.105. The molecule has 0 radical (unpaired) electrons. The maximum atomic E-state index is 11.4. The summed E-state index contributed by atoms with van der Waals surface area (Å²) in [6, 6.07) is 0. The van der Waals surface area contributed by atoms with Crippen LogP contribution in [0.15, 0.2) is 12.2 Å². The number of hydrogen-bond donors (Lipinski definition) is 2. The number of allylic oxidation sites excluding steroid dienone is 2. The van der Waals surface area contributed by atoms with Crippen molar-refractivity contribution in [2.75, 3.05) is 0 Å². The number of carboxylic acids is 2. The highest BCUT2D eigenvalue weighted by atomic mass is 16.4. The van der Waals surface area contributed by atoms with Crippen LogP contribution in [0.3, 0.4) is 0 Å². The zero-order valence-corrected chi connectivity index (χ0v) is 8.51. The van der Waals surface area contributed by atoms with E-state index in [4.69, 9.17) is 5.11 Å². The van der Waals surface area contributed by atoms with E-state index in [-0.39, 0.29) is 11.8 Å². The van der Waals surface area contributed by atoms with Crippen LogP contribution in [-0.2, 0) is 9.59 Å². The van der Waals surface area contributed by atoms with Crippen molar-refractivity contribution in [1.29, 1.82) is 0 Å². The molecule has 2 bridgehead atoms. The molecule has 0 saturated heterocycles. The molecule has 4 heteroatoms. The molecule has 1 fully saturated rings. The summed E-state index contributed by atoms with van der Waals surface area (Å²) in [6.45, 7) is 1.50. The van der Waals surface area contributed by atoms with Gasteiger partial charge in [-0.2, -0.15) is 0 Å². The van der Waals surface area contributed by atoms with E-state index in [0.717, 1.165) is 6.42 Å². The molecule has 2 N–H and O–H groups in total. The van der Waals surface area contributed by atoms with Gasteiger partial charge in [0.1, 0.15) is 0 Å². The van der Waals surface area contributed by atoms with Gasteiger partial charge in [-0.1, -0.05) is 19.1 Å². The first kappa shape index (κ1) is 10.2. The minimum Gasteiger partial charge on any atom is -0.481 e. The molecule has 4 unspecified atom stereocenters. The van der Waals surface area contributed by atoms with Crippen molar-refractivity contribution >= 4 is 11.9 Å². The maximum absolute atomic E-state index is 11.4. The number of fused-ring (bicyclic) bond motifs is 2.